The van der Waals surface area contributed by atoms with Gasteiger partial charge < -0.3 is 5.73 Å². The molecular weight excluding hydrogens is 281 g/mol. The van der Waals surface area contributed by atoms with Gasteiger partial charge in [0.05, 0.1) is 4.47 Å². The summed E-state index contributed by atoms with van der Waals surface area (Å²) in [6.07, 6.45) is 5.23. The van der Waals surface area contributed by atoms with Crippen molar-refractivity contribution in [3.05, 3.63) is 34.1 Å². The van der Waals surface area contributed by atoms with Gasteiger partial charge in [0, 0.05) is 11.6 Å². The normalized spacial score (nSPS) is 33.0. The first-order valence-corrected chi connectivity index (χ1v) is 7.19. The van der Waals surface area contributed by atoms with Crippen molar-refractivity contribution in [1.82, 2.24) is 0 Å². The highest BCUT2D eigenvalue weighted by molar-refractivity contribution is 9.10. The Morgan fingerprint density at radius 2 is 1.88 bits per heavy atom. The molecule has 0 spiro atoms. The molecule has 3 heteroatoms. The summed E-state index contributed by atoms with van der Waals surface area (Å²) in [6, 6.07) is 5.30. The molecule has 0 radical (unpaired) electrons. The average molecular weight is 298 g/mol. The minimum absolute atomic E-state index is 0.124. The third kappa shape index (κ3) is 1.93. The van der Waals surface area contributed by atoms with E-state index in [1.54, 1.807) is 6.07 Å². The zero-order valence-electron chi connectivity index (χ0n) is 9.70. The van der Waals surface area contributed by atoms with Gasteiger partial charge in [-0.25, -0.2) is 4.39 Å². The predicted octanol–water partition coefficient (Wildman–Crippen LogP) is 4.02. The van der Waals surface area contributed by atoms with E-state index < -0.39 is 0 Å². The molecule has 2 aliphatic carbocycles. The number of hydrogen-bond donors (Lipinski definition) is 1. The summed E-state index contributed by atoms with van der Waals surface area (Å²) < 4.78 is 14.5. The molecule has 2 fully saturated rings. The molecule has 0 bridgehead atoms. The summed E-state index contributed by atoms with van der Waals surface area (Å²) in [4.78, 5) is 0. The van der Waals surface area contributed by atoms with Crippen LogP contribution in [0.5, 0.6) is 0 Å². The molecule has 3 rings (SSSR count). The van der Waals surface area contributed by atoms with Crippen molar-refractivity contribution in [1.29, 1.82) is 0 Å². The average Bonchev–Trinajstić information content (AvgIpc) is 3.06. The molecule has 0 amide bonds. The first-order valence-electron chi connectivity index (χ1n) is 6.39. The number of fused-ring (bicyclic) bond motifs is 1. The predicted molar refractivity (Wildman–Crippen MR) is 70.0 cm³/mol. The summed E-state index contributed by atoms with van der Waals surface area (Å²) in [7, 11) is 0. The summed E-state index contributed by atoms with van der Waals surface area (Å²) in [5.74, 6) is 1.86. The SMILES string of the molecule is NC(c1cccc(Br)c1F)C1C2CCCCC21. The number of rotatable bonds is 2. The van der Waals surface area contributed by atoms with Crippen LogP contribution in [0.2, 0.25) is 0 Å². The van der Waals surface area contributed by atoms with Gasteiger partial charge in [0.2, 0.25) is 0 Å². The second kappa shape index (κ2) is 4.36. The van der Waals surface area contributed by atoms with Crippen molar-refractivity contribution in [2.24, 2.45) is 23.5 Å². The van der Waals surface area contributed by atoms with E-state index in [1.807, 2.05) is 12.1 Å². The smallest absolute Gasteiger partial charge is 0.142 e. The van der Waals surface area contributed by atoms with Gasteiger partial charge in [-0.3, -0.25) is 0 Å². The highest BCUT2D eigenvalue weighted by atomic mass is 79.9. The van der Waals surface area contributed by atoms with Crippen LogP contribution in [0.3, 0.4) is 0 Å². The van der Waals surface area contributed by atoms with Gasteiger partial charge in [-0.15, -0.1) is 0 Å². The van der Waals surface area contributed by atoms with E-state index in [0.717, 1.165) is 11.8 Å². The third-order valence-corrected chi connectivity index (χ3v) is 5.09. The van der Waals surface area contributed by atoms with Gasteiger partial charge in [-0.05, 0) is 52.6 Å². The van der Waals surface area contributed by atoms with Gasteiger partial charge in [-0.1, -0.05) is 25.0 Å². The van der Waals surface area contributed by atoms with E-state index in [0.29, 0.717) is 16.0 Å². The van der Waals surface area contributed by atoms with E-state index in [-0.39, 0.29) is 11.9 Å². The van der Waals surface area contributed by atoms with Crippen molar-refractivity contribution in [2.45, 2.75) is 31.7 Å². The molecule has 2 aliphatic rings. The Hall–Kier alpha value is -0.410. The Labute approximate surface area is 110 Å². The highest BCUT2D eigenvalue weighted by Gasteiger charge is 2.53. The van der Waals surface area contributed by atoms with E-state index in [2.05, 4.69) is 15.9 Å². The monoisotopic (exact) mass is 297 g/mol. The van der Waals surface area contributed by atoms with E-state index >= 15 is 0 Å². The fourth-order valence-electron chi connectivity index (χ4n) is 3.57. The quantitative estimate of drug-likeness (QED) is 0.876. The van der Waals surface area contributed by atoms with E-state index in [9.17, 15) is 4.39 Å². The molecule has 0 aromatic heterocycles. The highest BCUT2D eigenvalue weighted by Crippen LogP contribution is 2.59. The topological polar surface area (TPSA) is 26.0 Å². The molecule has 92 valence electrons. The summed E-state index contributed by atoms with van der Waals surface area (Å²) >= 11 is 3.23. The van der Waals surface area contributed by atoms with E-state index in [4.69, 9.17) is 5.73 Å². The lowest BCUT2D eigenvalue weighted by molar-refractivity contribution is 0.480. The third-order valence-electron chi connectivity index (χ3n) is 4.48. The van der Waals surface area contributed by atoms with Crippen molar-refractivity contribution < 1.29 is 4.39 Å². The van der Waals surface area contributed by atoms with Gasteiger partial charge in [0.15, 0.2) is 0 Å². The molecular formula is C14H17BrFN. The fraction of sp³-hybridized carbons (Fsp3) is 0.571. The largest absolute Gasteiger partial charge is 0.324 e. The standard InChI is InChI=1S/C14H17BrFN/c15-11-7-3-6-10(13(11)16)14(17)12-8-4-1-2-5-9(8)12/h3,6-9,12,14H,1-2,4-5,17H2. The molecule has 1 aromatic carbocycles. The van der Waals surface area contributed by atoms with Crippen LogP contribution >= 0.6 is 15.9 Å². The summed E-state index contributed by atoms with van der Waals surface area (Å²) in [6.45, 7) is 0. The maximum absolute atomic E-state index is 14.0. The van der Waals surface area contributed by atoms with Crippen LogP contribution in [0.1, 0.15) is 37.3 Å². The van der Waals surface area contributed by atoms with Gasteiger partial charge >= 0.3 is 0 Å². The Morgan fingerprint density at radius 3 is 2.53 bits per heavy atom. The number of halogens is 2. The van der Waals surface area contributed by atoms with Crippen molar-refractivity contribution in [2.75, 3.05) is 0 Å². The Balaban J connectivity index is 1.83. The van der Waals surface area contributed by atoms with Gasteiger partial charge in [-0.2, -0.15) is 0 Å². The Morgan fingerprint density at radius 1 is 1.24 bits per heavy atom. The van der Waals surface area contributed by atoms with Crippen LogP contribution in [0.25, 0.3) is 0 Å². The molecule has 0 saturated heterocycles. The Bertz CT molecular complexity index is 422. The van der Waals surface area contributed by atoms with Crippen LogP contribution in [0.4, 0.5) is 4.39 Å². The van der Waals surface area contributed by atoms with Crippen LogP contribution in [0, 0.1) is 23.6 Å². The van der Waals surface area contributed by atoms with Crippen LogP contribution < -0.4 is 5.73 Å². The Kier molecular flexibility index (Phi) is 2.99. The molecule has 3 atom stereocenters. The van der Waals surface area contributed by atoms with E-state index in [1.165, 1.54) is 25.7 Å². The second-order valence-electron chi connectivity index (χ2n) is 5.36. The number of hydrogen-bond acceptors (Lipinski definition) is 1. The van der Waals surface area contributed by atoms with Crippen molar-refractivity contribution in [3.63, 3.8) is 0 Å². The minimum atomic E-state index is -0.177. The van der Waals surface area contributed by atoms with Crippen LogP contribution in [-0.4, -0.2) is 0 Å². The molecule has 1 nitrogen and oxygen atoms in total. The molecule has 17 heavy (non-hydrogen) atoms. The molecule has 0 aliphatic heterocycles. The molecule has 3 unspecified atom stereocenters. The molecule has 2 saturated carbocycles. The second-order valence-corrected chi connectivity index (χ2v) is 6.21. The summed E-state index contributed by atoms with van der Waals surface area (Å²) in [5, 5.41) is 0. The maximum atomic E-state index is 14.0. The first kappa shape index (κ1) is 11.7. The number of benzene rings is 1. The van der Waals surface area contributed by atoms with Crippen LogP contribution in [-0.2, 0) is 0 Å². The maximum Gasteiger partial charge on any atom is 0.142 e. The molecule has 0 heterocycles. The molecule has 1 aromatic rings. The van der Waals surface area contributed by atoms with Crippen molar-refractivity contribution in [3.8, 4) is 0 Å². The fourth-order valence-corrected chi connectivity index (χ4v) is 3.95. The molecule has 2 N–H and O–H groups in total. The lowest BCUT2D eigenvalue weighted by Gasteiger charge is -2.13. The minimum Gasteiger partial charge on any atom is -0.324 e. The first-order chi connectivity index (χ1) is 8.20. The van der Waals surface area contributed by atoms with Crippen LogP contribution in [0.15, 0.2) is 22.7 Å². The zero-order valence-corrected chi connectivity index (χ0v) is 11.3. The van der Waals surface area contributed by atoms with Crippen molar-refractivity contribution >= 4 is 15.9 Å². The lowest BCUT2D eigenvalue weighted by atomic mass is 10.0. The zero-order chi connectivity index (χ0) is 12.0. The van der Waals surface area contributed by atoms with Gasteiger partial charge in [0.1, 0.15) is 5.82 Å². The lowest BCUT2D eigenvalue weighted by Crippen LogP contribution is -2.16. The van der Waals surface area contributed by atoms with Gasteiger partial charge in [0.25, 0.3) is 0 Å². The number of nitrogens with two attached hydrogens (primary N) is 1. The summed E-state index contributed by atoms with van der Waals surface area (Å²) in [5.41, 5.74) is 6.95.